The molecular weight excluding hydrogens is 272 g/mol. The van der Waals surface area contributed by atoms with Gasteiger partial charge in [0.2, 0.25) is 0 Å². The van der Waals surface area contributed by atoms with Gasteiger partial charge in [0.15, 0.2) is 0 Å². The molecule has 0 saturated heterocycles. The number of hydrogen-bond acceptors (Lipinski definition) is 4. The highest BCUT2D eigenvalue weighted by Crippen LogP contribution is 2.31. The van der Waals surface area contributed by atoms with Crippen LogP contribution in [0.3, 0.4) is 0 Å². The van der Waals surface area contributed by atoms with E-state index in [1.807, 2.05) is 30.3 Å². The Morgan fingerprint density at radius 2 is 1.89 bits per heavy atom. The number of nitrogens with zero attached hydrogens (tertiary/aromatic N) is 1. The summed E-state index contributed by atoms with van der Waals surface area (Å²) in [6.45, 7) is 0. The molecule has 0 aliphatic carbocycles. The Morgan fingerprint density at radius 3 is 2.56 bits per heavy atom. The highest BCUT2D eigenvalue weighted by molar-refractivity contribution is 8.00. The van der Waals surface area contributed by atoms with Crippen LogP contribution in [0.2, 0.25) is 5.02 Å². The second-order valence-electron chi connectivity index (χ2n) is 3.44. The number of benzene rings is 2. The van der Waals surface area contributed by atoms with E-state index >= 15 is 0 Å². The van der Waals surface area contributed by atoms with E-state index in [-0.39, 0.29) is 5.69 Å². The largest absolute Gasteiger partial charge is 0.320 e. The van der Waals surface area contributed by atoms with E-state index in [9.17, 15) is 10.1 Å². The van der Waals surface area contributed by atoms with Gasteiger partial charge < -0.3 is 4.72 Å². The molecule has 2 rings (SSSR count). The minimum atomic E-state index is -0.459. The predicted octanol–water partition coefficient (Wildman–Crippen LogP) is 4.37. The van der Waals surface area contributed by atoms with E-state index in [0.29, 0.717) is 10.7 Å². The van der Waals surface area contributed by atoms with E-state index in [1.165, 1.54) is 18.0 Å². The second-order valence-corrected chi connectivity index (χ2v) is 4.75. The van der Waals surface area contributed by atoms with Gasteiger partial charge >= 0.3 is 0 Å². The van der Waals surface area contributed by atoms with Crippen LogP contribution in [-0.2, 0) is 0 Å². The van der Waals surface area contributed by atoms with Crippen LogP contribution in [0.25, 0.3) is 0 Å². The van der Waals surface area contributed by atoms with Gasteiger partial charge in [-0.05, 0) is 36.2 Å². The molecule has 0 amide bonds. The molecule has 0 atom stereocenters. The van der Waals surface area contributed by atoms with Gasteiger partial charge in [-0.15, -0.1) is 0 Å². The summed E-state index contributed by atoms with van der Waals surface area (Å²) in [6.07, 6.45) is 0. The molecule has 0 saturated carbocycles. The van der Waals surface area contributed by atoms with Crippen molar-refractivity contribution in [3.8, 4) is 0 Å². The maximum absolute atomic E-state index is 10.9. The van der Waals surface area contributed by atoms with Crippen molar-refractivity contribution in [2.45, 2.75) is 4.90 Å². The molecule has 92 valence electrons. The first-order chi connectivity index (χ1) is 8.66. The van der Waals surface area contributed by atoms with Crippen LogP contribution in [0.4, 0.5) is 11.4 Å². The lowest BCUT2D eigenvalue weighted by atomic mass is 10.3. The van der Waals surface area contributed by atoms with Crippen LogP contribution in [0.15, 0.2) is 53.4 Å². The number of hydrogen-bond donors (Lipinski definition) is 1. The molecule has 2 aromatic rings. The van der Waals surface area contributed by atoms with Crippen molar-refractivity contribution in [1.82, 2.24) is 0 Å². The molecule has 0 radical (unpaired) electrons. The van der Waals surface area contributed by atoms with E-state index < -0.39 is 4.92 Å². The van der Waals surface area contributed by atoms with Gasteiger partial charge in [0, 0.05) is 16.0 Å². The molecule has 0 aliphatic heterocycles. The van der Waals surface area contributed by atoms with E-state index in [2.05, 4.69) is 4.72 Å². The zero-order chi connectivity index (χ0) is 13.0. The van der Waals surface area contributed by atoms with Gasteiger partial charge in [-0.1, -0.05) is 29.8 Å². The van der Waals surface area contributed by atoms with Gasteiger partial charge in [0.25, 0.3) is 5.69 Å². The van der Waals surface area contributed by atoms with Gasteiger partial charge in [0.1, 0.15) is 5.69 Å². The number of nitro benzene ring substituents is 1. The summed E-state index contributed by atoms with van der Waals surface area (Å²) in [5, 5.41) is 11.2. The Hall–Kier alpha value is -1.72. The number of nitro groups is 1. The number of anilines is 1. The van der Waals surface area contributed by atoms with E-state index in [1.54, 1.807) is 12.1 Å². The summed E-state index contributed by atoms with van der Waals surface area (Å²) in [4.78, 5) is 11.4. The Labute approximate surface area is 113 Å². The summed E-state index contributed by atoms with van der Waals surface area (Å²) in [5.74, 6) is 0. The molecule has 18 heavy (non-hydrogen) atoms. The summed E-state index contributed by atoms with van der Waals surface area (Å²) >= 11 is 7.05. The lowest BCUT2D eigenvalue weighted by Gasteiger charge is -2.06. The molecule has 0 fully saturated rings. The zero-order valence-electron chi connectivity index (χ0n) is 9.17. The quantitative estimate of drug-likeness (QED) is 0.513. The van der Waals surface area contributed by atoms with Crippen molar-refractivity contribution < 1.29 is 4.92 Å². The van der Waals surface area contributed by atoms with Gasteiger partial charge in [-0.25, -0.2) is 0 Å². The Bertz CT molecular complexity index is 563. The average molecular weight is 281 g/mol. The summed E-state index contributed by atoms with van der Waals surface area (Å²) < 4.78 is 2.95. The molecule has 0 bridgehead atoms. The summed E-state index contributed by atoms with van der Waals surface area (Å²) in [6, 6.07) is 14.1. The highest BCUT2D eigenvalue weighted by atomic mass is 35.5. The van der Waals surface area contributed by atoms with Gasteiger partial charge in [-0.2, -0.15) is 0 Å². The number of halogens is 1. The summed E-state index contributed by atoms with van der Waals surface area (Å²) in [7, 11) is 0. The first-order valence-corrected chi connectivity index (χ1v) is 6.28. The molecular formula is C12H9ClN2O2S. The molecule has 0 aliphatic rings. The fraction of sp³-hybridized carbons (Fsp3) is 0. The van der Waals surface area contributed by atoms with Crippen LogP contribution in [0, 0.1) is 10.1 Å². The third kappa shape index (κ3) is 3.15. The molecule has 0 spiro atoms. The van der Waals surface area contributed by atoms with Crippen molar-refractivity contribution in [1.29, 1.82) is 0 Å². The van der Waals surface area contributed by atoms with Gasteiger partial charge in [-0.3, -0.25) is 10.1 Å². The third-order valence-corrected chi connectivity index (χ3v) is 3.24. The first kappa shape index (κ1) is 12.7. The predicted molar refractivity (Wildman–Crippen MR) is 74.0 cm³/mol. The lowest BCUT2D eigenvalue weighted by Crippen LogP contribution is -1.95. The Kier molecular flexibility index (Phi) is 4.07. The fourth-order valence-electron chi connectivity index (χ4n) is 1.34. The molecule has 0 aromatic heterocycles. The van der Waals surface area contributed by atoms with Crippen LogP contribution >= 0.6 is 23.5 Å². The van der Waals surface area contributed by atoms with Crippen LogP contribution < -0.4 is 4.72 Å². The highest BCUT2D eigenvalue weighted by Gasteiger charge is 2.14. The number of nitrogens with one attached hydrogen (secondary N) is 1. The second kappa shape index (κ2) is 5.75. The Morgan fingerprint density at radius 1 is 1.17 bits per heavy atom. The molecule has 6 heteroatoms. The van der Waals surface area contributed by atoms with E-state index in [0.717, 1.165) is 4.90 Å². The molecule has 0 heterocycles. The Balaban J connectivity index is 2.17. The summed E-state index contributed by atoms with van der Waals surface area (Å²) in [5.41, 5.74) is 0.393. The van der Waals surface area contributed by atoms with Crippen molar-refractivity contribution in [2.24, 2.45) is 0 Å². The smallest absolute Gasteiger partial charge is 0.294 e. The molecule has 4 nitrogen and oxygen atoms in total. The van der Waals surface area contributed by atoms with Crippen molar-refractivity contribution >= 4 is 34.9 Å². The maximum Gasteiger partial charge on any atom is 0.294 e. The maximum atomic E-state index is 10.9. The van der Waals surface area contributed by atoms with Crippen molar-refractivity contribution in [2.75, 3.05) is 4.72 Å². The van der Waals surface area contributed by atoms with Crippen LogP contribution in [0.1, 0.15) is 0 Å². The first-order valence-electron chi connectivity index (χ1n) is 5.08. The van der Waals surface area contributed by atoms with E-state index in [4.69, 9.17) is 11.6 Å². The third-order valence-electron chi connectivity index (χ3n) is 2.18. The standard InChI is InChI=1S/C12H9ClN2O2S/c13-9-6-7-11(12(8-9)15(16)17)14-18-10-4-2-1-3-5-10/h1-8,14H. The fourth-order valence-corrected chi connectivity index (χ4v) is 2.20. The lowest BCUT2D eigenvalue weighted by molar-refractivity contribution is -0.383. The SMILES string of the molecule is O=[N+]([O-])c1cc(Cl)ccc1NSc1ccccc1. The minimum Gasteiger partial charge on any atom is -0.320 e. The monoisotopic (exact) mass is 280 g/mol. The average Bonchev–Trinajstić information content (AvgIpc) is 2.38. The molecule has 0 unspecified atom stereocenters. The van der Waals surface area contributed by atoms with Gasteiger partial charge in [0.05, 0.1) is 4.92 Å². The normalized spacial score (nSPS) is 10.1. The van der Waals surface area contributed by atoms with Crippen LogP contribution in [0.5, 0.6) is 0 Å². The molecule has 2 aromatic carbocycles. The van der Waals surface area contributed by atoms with Crippen LogP contribution in [-0.4, -0.2) is 4.92 Å². The molecule has 1 N–H and O–H groups in total. The topological polar surface area (TPSA) is 55.2 Å². The minimum absolute atomic E-state index is 0.0362. The van der Waals surface area contributed by atoms with Crippen molar-refractivity contribution in [3.05, 3.63) is 63.7 Å². The zero-order valence-corrected chi connectivity index (χ0v) is 10.7. The number of rotatable bonds is 4. The van der Waals surface area contributed by atoms with Crippen molar-refractivity contribution in [3.63, 3.8) is 0 Å².